The second-order valence-corrected chi connectivity index (χ2v) is 10.6. The number of thioether (sulfide) groups is 1. The Morgan fingerprint density at radius 1 is 0.816 bits per heavy atom. The highest BCUT2D eigenvalue weighted by atomic mass is 32.2. The third kappa shape index (κ3) is 5.15. The van der Waals surface area contributed by atoms with Gasteiger partial charge in [-0.1, -0.05) is 78.0 Å². The zero-order valence-electron chi connectivity index (χ0n) is 21.9. The third-order valence-corrected chi connectivity index (χ3v) is 7.83. The number of carbonyl (C=O) groups excluding carboxylic acids is 2. The summed E-state index contributed by atoms with van der Waals surface area (Å²) in [5, 5.41) is 9.98. The summed E-state index contributed by atoms with van der Waals surface area (Å²) in [6, 6.07) is 23.2. The Labute approximate surface area is 227 Å². The van der Waals surface area contributed by atoms with Crippen LogP contribution in [0.4, 0.5) is 16.2 Å². The van der Waals surface area contributed by atoms with Crippen molar-refractivity contribution in [3.8, 4) is 0 Å². The molecule has 6 nitrogen and oxygen atoms in total. The van der Waals surface area contributed by atoms with Gasteiger partial charge in [0.25, 0.3) is 5.91 Å². The van der Waals surface area contributed by atoms with Gasteiger partial charge in [0.05, 0.1) is 5.57 Å². The average Bonchev–Trinajstić information content (AvgIpc) is 3.28. The monoisotopic (exact) mass is 522 g/mol. The van der Waals surface area contributed by atoms with Crippen LogP contribution in [0.15, 0.2) is 100 Å². The summed E-state index contributed by atoms with van der Waals surface area (Å²) in [5.41, 5.74) is 8.50. The first-order chi connectivity index (χ1) is 18.3. The molecule has 0 spiro atoms. The van der Waals surface area contributed by atoms with Gasteiger partial charge in [-0.05, 0) is 56.5 Å². The van der Waals surface area contributed by atoms with Gasteiger partial charge in [0.1, 0.15) is 5.04 Å². The molecule has 0 bridgehead atoms. The van der Waals surface area contributed by atoms with Crippen LogP contribution in [-0.2, 0) is 4.79 Å². The van der Waals surface area contributed by atoms with Crippen LogP contribution in [0.1, 0.15) is 35.1 Å². The predicted molar refractivity (Wildman–Crippen MR) is 157 cm³/mol. The number of benzene rings is 3. The SMILES string of the molecule is CC1=C(C(=O)Nc2ccccc2C)C(c2ccccc2)C2=C(NC(=O)Nc3ccc(C)cc3C)CSC2=N1. The van der Waals surface area contributed by atoms with E-state index >= 15 is 0 Å². The maximum absolute atomic E-state index is 13.8. The van der Waals surface area contributed by atoms with E-state index in [1.165, 1.54) is 0 Å². The van der Waals surface area contributed by atoms with Gasteiger partial charge in [-0.3, -0.25) is 4.79 Å². The minimum atomic E-state index is -0.362. The number of aryl methyl sites for hydroxylation is 3. The number of urea groups is 1. The second kappa shape index (κ2) is 10.7. The van der Waals surface area contributed by atoms with E-state index in [-0.39, 0.29) is 17.9 Å². The molecule has 5 rings (SSSR count). The molecule has 1 unspecified atom stereocenters. The third-order valence-electron chi connectivity index (χ3n) is 6.81. The number of aliphatic imine (C=N–C) groups is 1. The lowest BCUT2D eigenvalue weighted by atomic mass is 9.81. The molecule has 2 aliphatic rings. The summed E-state index contributed by atoms with van der Waals surface area (Å²) in [4.78, 5) is 31.7. The molecule has 7 heteroatoms. The molecule has 1 atom stereocenters. The number of para-hydroxylation sites is 1. The van der Waals surface area contributed by atoms with Gasteiger partial charge in [-0.15, -0.1) is 0 Å². The normalized spacial score (nSPS) is 16.6. The highest BCUT2D eigenvalue weighted by Crippen LogP contribution is 2.45. The smallest absolute Gasteiger partial charge is 0.322 e. The summed E-state index contributed by atoms with van der Waals surface area (Å²) >= 11 is 1.58. The van der Waals surface area contributed by atoms with E-state index in [4.69, 9.17) is 4.99 Å². The van der Waals surface area contributed by atoms with Gasteiger partial charge >= 0.3 is 6.03 Å². The molecule has 3 aromatic rings. The molecule has 3 amide bonds. The number of hydrogen-bond acceptors (Lipinski definition) is 4. The number of nitrogens with zero attached hydrogens (tertiary/aromatic N) is 1. The second-order valence-electron chi connectivity index (χ2n) is 9.61. The van der Waals surface area contributed by atoms with Crippen LogP contribution in [-0.4, -0.2) is 22.7 Å². The zero-order chi connectivity index (χ0) is 26.8. The van der Waals surface area contributed by atoms with Crippen molar-refractivity contribution in [3.05, 3.63) is 118 Å². The molecule has 3 N–H and O–H groups in total. The molecule has 0 saturated heterocycles. The highest BCUT2D eigenvalue weighted by Gasteiger charge is 2.39. The Balaban J connectivity index is 1.51. The zero-order valence-corrected chi connectivity index (χ0v) is 22.7. The maximum atomic E-state index is 13.8. The molecule has 0 radical (unpaired) electrons. The number of hydrogen-bond donors (Lipinski definition) is 3. The molecule has 192 valence electrons. The van der Waals surface area contributed by atoms with Crippen LogP contribution in [0.5, 0.6) is 0 Å². The van der Waals surface area contributed by atoms with Gasteiger partial charge in [0, 0.05) is 40.0 Å². The Kier molecular flexibility index (Phi) is 7.20. The Bertz CT molecular complexity index is 1520. The summed E-state index contributed by atoms with van der Waals surface area (Å²) in [6.07, 6.45) is 0. The number of amides is 3. The predicted octanol–water partition coefficient (Wildman–Crippen LogP) is 6.84. The van der Waals surface area contributed by atoms with E-state index in [2.05, 4.69) is 16.0 Å². The fourth-order valence-electron chi connectivity index (χ4n) is 4.91. The number of nitrogens with one attached hydrogen (secondary N) is 3. The molecule has 38 heavy (non-hydrogen) atoms. The van der Waals surface area contributed by atoms with Crippen LogP contribution < -0.4 is 16.0 Å². The van der Waals surface area contributed by atoms with E-state index < -0.39 is 0 Å². The molecule has 0 saturated carbocycles. The molecular formula is C31H30N4O2S. The largest absolute Gasteiger partial charge is 0.323 e. The van der Waals surface area contributed by atoms with Crippen molar-refractivity contribution in [2.45, 2.75) is 33.6 Å². The molecule has 3 aromatic carbocycles. The first-order valence-corrected chi connectivity index (χ1v) is 13.5. The lowest BCUT2D eigenvalue weighted by molar-refractivity contribution is -0.113. The standard InChI is InChI=1S/C31H30N4O2S/c1-18-14-15-24(20(3)16-18)34-31(37)35-25-17-38-30-28(25)27(22-11-6-5-7-12-22)26(21(4)32-30)29(36)33-23-13-9-8-10-19(23)2/h5-16,27H,17H2,1-4H3,(H,33,36)(H2,34,35,37). The average molecular weight is 523 g/mol. The van der Waals surface area contributed by atoms with Crippen molar-refractivity contribution in [1.82, 2.24) is 5.32 Å². The van der Waals surface area contributed by atoms with Gasteiger partial charge in [-0.25, -0.2) is 9.79 Å². The van der Waals surface area contributed by atoms with Gasteiger partial charge in [-0.2, -0.15) is 0 Å². The topological polar surface area (TPSA) is 82.6 Å². The Morgan fingerprint density at radius 3 is 2.26 bits per heavy atom. The first kappa shape index (κ1) is 25.5. The quantitative estimate of drug-likeness (QED) is 0.343. The fourth-order valence-corrected chi connectivity index (χ4v) is 6.01. The highest BCUT2D eigenvalue weighted by molar-refractivity contribution is 8.15. The molecule has 2 aliphatic heterocycles. The van der Waals surface area contributed by atoms with E-state index in [9.17, 15) is 9.59 Å². The number of anilines is 2. The van der Waals surface area contributed by atoms with Crippen LogP contribution in [0.25, 0.3) is 0 Å². The van der Waals surface area contributed by atoms with Crippen molar-refractivity contribution in [3.63, 3.8) is 0 Å². The van der Waals surface area contributed by atoms with E-state index in [0.717, 1.165) is 49.9 Å². The Morgan fingerprint density at radius 2 is 1.53 bits per heavy atom. The fraction of sp³-hybridized carbons (Fsp3) is 0.194. The summed E-state index contributed by atoms with van der Waals surface area (Å²) in [5.74, 6) is 0.00803. The van der Waals surface area contributed by atoms with Crippen LogP contribution in [0.2, 0.25) is 0 Å². The molecule has 2 heterocycles. The molecule has 0 aromatic heterocycles. The van der Waals surface area contributed by atoms with Crippen molar-refractivity contribution in [1.29, 1.82) is 0 Å². The van der Waals surface area contributed by atoms with E-state index in [1.807, 2.05) is 100 Å². The van der Waals surface area contributed by atoms with Gasteiger partial charge in [0.2, 0.25) is 0 Å². The number of fused-ring (bicyclic) bond motifs is 1. The maximum Gasteiger partial charge on any atom is 0.323 e. The minimum Gasteiger partial charge on any atom is -0.322 e. The van der Waals surface area contributed by atoms with Crippen LogP contribution >= 0.6 is 11.8 Å². The van der Waals surface area contributed by atoms with Crippen molar-refractivity contribution in [2.75, 3.05) is 16.4 Å². The Hall–Kier alpha value is -4.10. The lowest BCUT2D eigenvalue weighted by Gasteiger charge is -2.28. The van der Waals surface area contributed by atoms with Gasteiger partial charge in [0.15, 0.2) is 0 Å². The minimum absolute atomic E-state index is 0.197. The number of allylic oxidation sites excluding steroid dienone is 1. The van der Waals surface area contributed by atoms with Crippen LogP contribution in [0.3, 0.4) is 0 Å². The first-order valence-electron chi connectivity index (χ1n) is 12.5. The van der Waals surface area contributed by atoms with Gasteiger partial charge < -0.3 is 16.0 Å². The molecular weight excluding hydrogens is 492 g/mol. The molecule has 0 fully saturated rings. The summed E-state index contributed by atoms with van der Waals surface area (Å²) in [7, 11) is 0. The molecule has 0 aliphatic carbocycles. The summed E-state index contributed by atoms with van der Waals surface area (Å²) in [6.45, 7) is 7.84. The van der Waals surface area contributed by atoms with E-state index in [1.54, 1.807) is 11.8 Å². The van der Waals surface area contributed by atoms with Crippen molar-refractivity contribution >= 4 is 40.1 Å². The van der Waals surface area contributed by atoms with Crippen molar-refractivity contribution < 1.29 is 9.59 Å². The lowest BCUT2D eigenvalue weighted by Crippen LogP contribution is -2.32. The van der Waals surface area contributed by atoms with Crippen LogP contribution in [0, 0.1) is 20.8 Å². The van der Waals surface area contributed by atoms with E-state index in [0.29, 0.717) is 17.0 Å². The number of rotatable bonds is 5. The summed E-state index contributed by atoms with van der Waals surface area (Å²) < 4.78 is 0. The van der Waals surface area contributed by atoms with Crippen molar-refractivity contribution in [2.24, 2.45) is 4.99 Å². The number of carbonyl (C=O) groups is 2.